The molecule has 1 aromatic carbocycles. The van der Waals surface area contributed by atoms with E-state index < -0.39 is 31.7 Å². The average molecular weight is 478 g/mol. The number of hydrogen-bond acceptors (Lipinski definition) is 7. The zero-order chi connectivity index (χ0) is 26.5. The molecule has 0 amide bonds. The fourth-order valence-corrected chi connectivity index (χ4v) is 4.21. The lowest BCUT2D eigenvalue weighted by Crippen LogP contribution is -2.53. The van der Waals surface area contributed by atoms with Crippen LogP contribution >= 0.6 is 0 Å². The summed E-state index contributed by atoms with van der Waals surface area (Å²) in [7, 11) is 1.41. The number of nitrogens with one attached hydrogen (secondary N) is 1. The van der Waals surface area contributed by atoms with E-state index >= 15 is 0 Å². The second-order valence-electron chi connectivity index (χ2n) is 8.39. The summed E-state index contributed by atoms with van der Waals surface area (Å²) in [6.07, 6.45) is 0.445. The second-order valence-corrected chi connectivity index (χ2v) is 8.39. The van der Waals surface area contributed by atoms with Crippen LogP contribution in [0.25, 0.3) is 27.7 Å². The molecule has 0 saturated carbocycles. The van der Waals surface area contributed by atoms with Gasteiger partial charge in [0.25, 0.3) is 5.92 Å². The molecule has 0 radical (unpaired) electrons. The minimum absolute atomic E-state index is 0.0219. The summed E-state index contributed by atoms with van der Waals surface area (Å²) in [6.45, 7) is -2.00. The molecule has 4 aromatic rings. The van der Waals surface area contributed by atoms with Crippen LogP contribution in [0.15, 0.2) is 30.5 Å². The fraction of sp³-hybridized carbons (Fsp3) is 0.455. The quantitative estimate of drug-likeness (QED) is 0.456. The Bertz CT molecular complexity index is 1440. The van der Waals surface area contributed by atoms with E-state index in [0.717, 1.165) is 10.5 Å². The standard InChI is InChI=1S/C22H25F3N8O/c1-13(23)11-33-17-10-14(4-5-16(17)28-30-33)15-6-9-32-19(15)20(34-3)27-21(29-32)26-18-7-8-31(2)12-22(18,24)25/h4-6,9-10,13,18H,7-8,11-12H2,1-3H3,(H,26,29)/t13-,18+/m0/s1/i2D3. The summed E-state index contributed by atoms with van der Waals surface area (Å²) in [4.78, 5) is 5.10. The Balaban J connectivity index is 1.47. The highest BCUT2D eigenvalue weighted by Gasteiger charge is 2.44. The van der Waals surface area contributed by atoms with Crippen LogP contribution in [0.4, 0.5) is 19.1 Å². The number of ether oxygens (including phenoxy) is 1. The van der Waals surface area contributed by atoms with Gasteiger partial charge in [0.2, 0.25) is 11.8 Å². The Kier molecular flexibility index (Phi) is 4.70. The zero-order valence-electron chi connectivity index (χ0n) is 21.5. The Morgan fingerprint density at radius 3 is 2.94 bits per heavy atom. The molecule has 5 rings (SSSR count). The van der Waals surface area contributed by atoms with Gasteiger partial charge in [-0.3, -0.25) is 0 Å². The molecule has 1 fully saturated rings. The Morgan fingerprint density at radius 1 is 1.35 bits per heavy atom. The molecule has 1 saturated heterocycles. The summed E-state index contributed by atoms with van der Waals surface area (Å²) in [6, 6.07) is 5.87. The molecule has 0 bridgehead atoms. The fourth-order valence-electron chi connectivity index (χ4n) is 4.21. The maximum atomic E-state index is 14.8. The van der Waals surface area contributed by atoms with Crippen molar-refractivity contribution in [1.29, 1.82) is 0 Å². The predicted molar refractivity (Wildman–Crippen MR) is 121 cm³/mol. The topological polar surface area (TPSA) is 85.4 Å². The molecular weight excluding hydrogens is 449 g/mol. The minimum Gasteiger partial charge on any atom is -0.479 e. The third-order valence-corrected chi connectivity index (χ3v) is 5.82. The van der Waals surface area contributed by atoms with Crippen molar-refractivity contribution < 1.29 is 22.0 Å². The molecule has 180 valence electrons. The van der Waals surface area contributed by atoms with Crippen molar-refractivity contribution in [3.63, 3.8) is 0 Å². The maximum absolute atomic E-state index is 14.8. The molecule has 1 N–H and O–H groups in total. The monoisotopic (exact) mass is 477 g/mol. The van der Waals surface area contributed by atoms with Crippen LogP contribution in [-0.2, 0) is 6.54 Å². The van der Waals surface area contributed by atoms with Crippen LogP contribution in [0.2, 0.25) is 0 Å². The molecule has 0 unspecified atom stereocenters. The first-order valence-corrected chi connectivity index (χ1v) is 10.8. The molecule has 4 heterocycles. The van der Waals surface area contributed by atoms with E-state index in [4.69, 9.17) is 8.85 Å². The van der Waals surface area contributed by atoms with Crippen molar-refractivity contribution in [2.45, 2.75) is 38.0 Å². The highest BCUT2D eigenvalue weighted by molar-refractivity contribution is 5.89. The number of anilines is 1. The number of alkyl halides is 3. The summed E-state index contributed by atoms with van der Waals surface area (Å²) >= 11 is 0. The summed E-state index contributed by atoms with van der Waals surface area (Å²) in [5, 5.41) is 15.1. The van der Waals surface area contributed by atoms with E-state index in [0.29, 0.717) is 22.1 Å². The van der Waals surface area contributed by atoms with Crippen molar-refractivity contribution in [2.75, 3.05) is 32.5 Å². The van der Waals surface area contributed by atoms with Gasteiger partial charge in [-0.15, -0.1) is 10.2 Å². The van der Waals surface area contributed by atoms with Gasteiger partial charge in [-0.1, -0.05) is 11.3 Å². The first kappa shape index (κ1) is 19.0. The van der Waals surface area contributed by atoms with Gasteiger partial charge in [-0.05, 0) is 44.1 Å². The second kappa shape index (κ2) is 8.42. The van der Waals surface area contributed by atoms with Crippen LogP contribution < -0.4 is 10.1 Å². The summed E-state index contributed by atoms with van der Waals surface area (Å²) in [5.74, 6) is -3.23. The minimum atomic E-state index is -3.32. The zero-order valence-corrected chi connectivity index (χ0v) is 18.5. The van der Waals surface area contributed by atoms with Gasteiger partial charge in [-0.2, -0.15) is 4.98 Å². The van der Waals surface area contributed by atoms with Crippen LogP contribution in [-0.4, -0.2) is 79.8 Å². The van der Waals surface area contributed by atoms with Crippen LogP contribution in [0, 0.1) is 0 Å². The predicted octanol–water partition coefficient (Wildman–Crippen LogP) is 3.26. The van der Waals surface area contributed by atoms with Crippen LogP contribution in [0.1, 0.15) is 17.5 Å². The van der Waals surface area contributed by atoms with E-state index in [9.17, 15) is 13.2 Å². The first-order valence-electron chi connectivity index (χ1n) is 12.3. The van der Waals surface area contributed by atoms with Crippen molar-refractivity contribution in [1.82, 2.24) is 34.5 Å². The van der Waals surface area contributed by atoms with E-state index in [1.54, 1.807) is 18.3 Å². The third-order valence-electron chi connectivity index (χ3n) is 5.82. The normalized spacial score (nSPS) is 21.2. The lowest BCUT2D eigenvalue weighted by Gasteiger charge is -2.36. The number of piperidine rings is 1. The van der Waals surface area contributed by atoms with Crippen molar-refractivity contribution >= 4 is 22.5 Å². The largest absolute Gasteiger partial charge is 0.479 e. The molecule has 0 aliphatic carbocycles. The van der Waals surface area contributed by atoms with Crippen LogP contribution in [0.3, 0.4) is 0 Å². The molecule has 1 aliphatic heterocycles. The van der Waals surface area contributed by atoms with Crippen LogP contribution in [0.5, 0.6) is 5.88 Å². The Hall–Kier alpha value is -3.41. The van der Waals surface area contributed by atoms with Crippen molar-refractivity contribution in [3.8, 4) is 17.0 Å². The number of fused-ring (bicyclic) bond motifs is 2. The van der Waals surface area contributed by atoms with E-state index in [1.165, 1.54) is 23.2 Å². The number of hydrogen-bond donors (Lipinski definition) is 1. The van der Waals surface area contributed by atoms with Gasteiger partial charge in [0.1, 0.15) is 17.2 Å². The number of nitrogens with zero attached hydrogens (tertiary/aromatic N) is 7. The Morgan fingerprint density at radius 2 is 2.21 bits per heavy atom. The van der Waals surface area contributed by atoms with Gasteiger partial charge in [0.05, 0.1) is 31.8 Å². The van der Waals surface area contributed by atoms with E-state index in [2.05, 4.69) is 25.7 Å². The van der Waals surface area contributed by atoms with Crippen molar-refractivity contribution in [3.05, 3.63) is 30.5 Å². The van der Waals surface area contributed by atoms with Gasteiger partial charge in [0, 0.05) is 22.4 Å². The van der Waals surface area contributed by atoms with Gasteiger partial charge in [0.15, 0.2) is 0 Å². The lowest BCUT2D eigenvalue weighted by molar-refractivity contribution is -0.0675. The molecule has 1 aliphatic rings. The number of halogens is 3. The Labute approximate surface area is 197 Å². The third kappa shape index (κ3) is 4.02. The lowest BCUT2D eigenvalue weighted by atomic mass is 10.0. The molecule has 12 heteroatoms. The van der Waals surface area contributed by atoms with Crippen molar-refractivity contribution in [2.24, 2.45) is 0 Å². The SMILES string of the molecule is [2H]C([2H])([2H])N1CC[C@@H](Nc2nc(OC)c3c(-c4ccc5nnn(C[C@H](C)F)c5c4)ccn3n2)C(F)(F)C1. The highest BCUT2D eigenvalue weighted by atomic mass is 19.3. The number of aromatic nitrogens is 6. The van der Waals surface area contributed by atoms with Gasteiger partial charge in [-0.25, -0.2) is 22.4 Å². The summed E-state index contributed by atoms with van der Waals surface area (Å²) < 4.78 is 73.9. The number of methoxy groups -OCH3 is 1. The maximum Gasteiger partial charge on any atom is 0.280 e. The van der Waals surface area contributed by atoms with E-state index in [-0.39, 0.29) is 31.3 Å². The molecule has 2 atom stereocenters. The van der Waals surface area contributed by atoms with Gasteiger partial charge >= 0.3 is 0 Å². The summed E-state index contributed by atoms with van der Waals surface area (Å²) in [5.41, 5.74) is 3.26. The molecule has 9 nitrogen and oxygen atoms in total. The highest BCUT2D eigenvalue weighted by Crippen LogP contribution is 2.34. The number of likely N-dealkylation sites (tertiary alicyclic amines) is 1. The molecule has 3 aromatic heterocycles. The van der Waals surface area contributed by atoms with Gasteiger partial charge < -0.3 is 15.0 Å². The first-order chi connectivity index (χ1) is 17.5. The average Bonchev–Trinajstić information content (AvgIpc) is 3.42. The smallest absolute Gasteiger partial charge is 0.280 e. The number of benzene rings is 1. The van der Waals surface area contributed by atoms with E-state index in [1.807, 2.05) is 12.1 Å². The molecule has 34 heavy (non-hydrogen) atoms. The molecule has 0 spiro atoms. The number of rotatable bonds is 6. The molecular formula is C22H25F3N8O.